The summed E-state index contributed by atoms with van der Waals surface area (Å²) < 4.78 is 1.40. The van der Waals surface area contributed by atoms with Gasteiger partial charge in [-0.2, -0.15) is 0 Å². The summed E-state index contributed by atoms with van der Waals surface area (Å²) in [6.45, 7) is 6.73. The van der Waals surface area contributed by atoms with Crippen molar-refractivity contribution in [2.75, 3.05) is 0 Å². The minimum absolute atomic E-state index is 0.648. The van der Waals surface area contributed by atoms with E-state index in [9.17, 15) is 0 Å². The van der Waals surface area contributed by atoms with Crippen LogP contribution in [0, 0.1) is 3.57 Å². The summed E-state index contributed by atoms with van der Waals surface area (Å²) in [5.74, 6) is 0.648. The molecule has 0 radical (unpaired) electrons. The van der Waals surface area contributed by atoms with Crippen LogP contribution in [0.2, 0.25) is 0 Å². The molecule has 0 bridgehead atoms. The predicted octanol–water partition coefficient (Wildman–Crippen LogP) is 3.98. The Morgan fingerprint density at radius 2 is 2.00 bits per heavy atom. The summed E-state index contributed by atoms with van der Waals surface area (Å²) in [5, 5.41) is 0. The highest BCUT2D eigenvalue weighted by Crippen LogP contribution is 2.24. The highest BCUT2D eigenvalue weighted by atomic mass is 127. The van der Waals surface area contributed by atoms with E-state index in [2.05, 4.69) is 61.6 Å². The van der Waals surface area contributed by atoms with Crippen LogP contribution in [0.15, 0.2) is 18.2 Å². The average Bonchev–Trinajstić information content (AvgIpc) is 2.03. The van der Waals surface area contributed by atoms with Crippen molar-refractivity contribution in [1.29, 1.82) is 0 Å². The Morgan fingerprint density at radius 1 is 1.33 bits per heavy atom. The summed E-state index contributed by atoms with van der Waals surface area (Å²) in [6, 6.07) is 6.58. The monoisotopic (exact) mass is 274 g/mol. The van der Waals surface area contributed by atoms with Crippen molar-refractivity contribution >= 4 is 22.6 Å². The van der Waals surface area contributed by atoms with Gasteiger partial charge in [0.25, 0.3) is 0 Å². The van der Waals surface area contributed by atoms with Crippen molar-refractivity contribution in [2.24, 2.45) is 0 Å². The Hall–Kier alpha value is -0.0500. The summed E-state index contributed by atoms with van der Waals surface area (Å²) in [4.78, 5) is 0. The molecule has 0 saturated carbocycles. The molecule has 1 heteroatoms. The third-order valence-electron chi connectivity index (χ3n) is 2.13. The lowest BCUT2D eigenvalue weighted by Crippen LogP contribution is -1.97. The van der Waals surface area contributed by atoms with Crippen molar-refractivity contribution in [3.63, 3.8) is 0 Å². The van der Waals surface area contributed by atoms with E-state index in [1.54, 1.807) is 0 Å². The van der Waals surface area contributed by atoms with Crippen LogP contribution in [0.25, 0.3) is 0 Å². The first kappa shape index (κ1) is 10.0. The zero-order valence-electron chi connectivity index (χ0n) is 7.89. The number of rotatable bonds is 2. The van der Waals surface area contributed by atoms with Crippen LogP contribution in [0.5, 0.6) is 0 Å². The van der Waals surface area contributed by atoms with E-state index in [0.29, 0.717) is 5.92 Å². The fraction of sp³-hybridized carbons (Fsp3) is 0.455. The van der Waals surface area contributed by atoms with Gasteiger partial charge in [0.05, 0.1) is 0 Å². The molecular weight excluding hydrogens is 259 g/mol. The molecule has 0 amide bonds. The van der Waals surface area contributed by atoms with Gasteiger partial charge < -0.3 is 0 Å². The second kappa shape index (κ2) is 4.26. The smallest absolute Gasteiger partial charge is 0.0165 e. The fourth-order valence-electron chi connectivity index (χ4n) is 1.49. The van der Waals surface area contributed by atoms with Crippen LogP contribution in [-0.4, -0.2) is 0 Å². The maximum atomic E-state index is 2.42. The van der Waals surface area contributed by atoms with E-state index in [-0.39, 0.29) is 0 Å². The van der Waals surface area contributed by atoms with Gasteiger partial charge in [-0.3, -0.25) is 0 Å². The minimum atomic E-state index is 0.648. The Labute approximate surface area is 88.5 Å². The molecule has 0 heterocycles. The Balaban J connectivity index is 3.18. The van der Waals surface area contributed by atoms with Crippen LogP contribution in [-0.2, 0) is 6.42 Å². The standard InChI is InChI=1S/C11H15I/c1-4-9-10(8(2)3)6-5-7-11(9)12/h5-8H,4H2,1-3H3. The van der Waals surface area contributed by atoms with Crippen molar-refractivity contribution in [2.45, 2.75) is 33.1 Å². The molecule has 1 rings (SSSR count). The van der Waals surface area contributed by atoms with Crippen molar-refractivity contribution in [3.8, 4) is 0 Å². The van der Waals surface area contributed by atoms with E-state index in [0.717, 1.165) is 6.42 Å². The fourth-order valence-corrected chi connectivity index (χ4v) is 2.39. The summed E-state index contributed by atoms with van der Waals surface area (Å²) in [7, 11) is 0. The maximum absolute atomic E-state index is 2.42. The highest BCUT2D eigenvalue weighted by molar-refractivity contribution is 14.1. The van der Waals surface area contributed by atoms with Gasteiger partial charge in [-0.1, -0.05) is 32.9 Å². The molecule has 0 aliphatic rings. The van der Waals surface area contributed by atoms with Gasteiger partial charge in [-0.25, -0.2) is 0 Å². The van der Waals surface area contributed by atoms with E-state index < -0.39 is 0 Å². The molecule has 66 valence electrons. The lowest BCUT2D eigenvalue weighted by atomic mass is 9.96. The molecule has 0 unspecified atom stereocenters. The molecule has 1 aromatic carbocycles. The predicted molar refractivity (Wildman–Crippen MR) is 62.6 cm³/mol. The Bertz CT molecular complexity index is 264. The lowest BCUT2D eigenvalue weighted by molar-refractivity contribution is 0.842. The van der Waals surface area contributed by atoms with Gasteiger partial charge in [0.2, 0.25) is 0 Å². The molecular formula is C11H15I. The van der Waals surface area contributed by atoms with Crippen LogP contribution in [0.3, 0.4) is 0 Å². The van der Waals surface area contributed by atoms with Crippen LogP contribution < -0.4 is 0 Å². The molecule has 0 spiro atoms. The lowest BCUT2D eigenvalue weighted by Gasteiger charge is -2.12. The zero-order chi connectivity index (χ0) is 9.14. The molecule has 1 aromatic rings. The van der Waals surface area contributed by atoms with Crippen molar-refractivity contribution in [1.82, 2.24) is 0 Å². The topological polar surface area (TPSA) is 0 Å². The first-order chi connectivity index (χ1) is 5.66. The van der Waals surface area contributed by atoms with E-state index in [1.807, 2.05) is 0 Å². The quantitative estimate of drug-likeness (QED) is 0.716. The Morgan fingerprint density at radius 3 is 2.42 bits per heavy atom. The molecule has 0 N–H and O–H groups in total. The molecule has 0 atom stereocenters. The Kier molecular flexibility index (Phi) is 3.56. The summed E-state index contributed by atoms with van der Waals surface area (Å²) >= 11 is 2.42. The molecule has 0 nitrogen and oxygen atoms in total. The highest BCUT2D eigenvalue weighted by Gasteiger charge is 2.06. The molecule has 12 heavy (non-hydrogen) atoms. The van der Waals surface area contributed by atoms with E-state index >= 15 is 0 Å². The molecule has 0 saturated heterocycles. The maximum Gasteiger partial charge on any atom is 0.0165 e. The SMILES string of the molecule is CCc1c(I)cccc1C(C)C. The first-order valence-electron chi connectivity index (χ1n) is 4.44. The van der Waals surface area contributed by atoms with Crippen LogP contribution in [0.1, 0.15) is 37.8 Å². The molecule has 0 aliphatic carbocycles. The van der Waals surface area contributed by atoms with Gasteiger partial charge >= 0.3 is 0 Å². The van der Waals surface area contributed by atoms with E-state index in [4.69, 9.17) is 0 Å². The van der Waals surface area contributed by atoms with Gasteiger partial charge in [-0.15, -0.1) is 0 Å². The number of hydrogen-bond acceptors (Lipinski definition) is 0. The second-order valence-electron chi connectivity index (χ2n) is 3.32. The third kappa shape index (κ3) is 2.00. The first-order valence-corrected chi connectivity index (χ1v) is 5.52. The zero-order valence-corrected chi connectivity index (χ0v) is 10.1. The van der Waals surface area contributed by atoms with Gasteiger partial charge in [0.15, 0.2) is 0 Å². The molecule has 0 aromatic heterocycles. The molecule has 0 aliphatic heterocycles. The molecule has 0 fully saturated rings. The van der Waals surface area contributed by atoms with Crippen molar-refractivity contribution in [3.05, 3.63) is 32.9 Å². The number of halogens is 1. The normalized spacial score (nSPS) is 10.8. The summed E-state index contributed by atoms with van der Waals surface area (Å²) in [6.07, 6.45) is 1.15. The van der Waals surface area contributed by atoms with Gasteiger partial charge in [0.1, 0.15) is 0 Å². The second-order valence-corrected chi connectivity index (χ2v) is 4.48. The number of hydrogen-bond donors (Lipinski definition) is 0. The van der Waals surface area contributed by atoms with Crippen molar-refractivity contribution < 1.29 is 0 Å². The largest absolute Gasteiger partial charge is 0.0612 e. The van der Waals surface area contributed by atoms with E-state index in [1.165, 1.54) is 14.7 Å². The number of benzene rings is 1. The minimum Gasteiger partial charge on any atom is -0.0612 e. The third-order valence-corrected chi connectivity index (χ3v) is 3.14. The average molecular weight is 274 g/mol. The summed E-state index contributed by atoms with van der Waals surface area (Å²) in [5.41, 5.74) is 3.03. The van der Waals surface area contributed by atoms with Crippen LogP contribution in [0.4, 0.5) is 0 Å². The van der Waals surface area contributed by atoms with Gasteiger partial charge in [0, 0.05) is 3.57 Å². The van der Waals surface area contributed by atoms with Gasteiger partial charge in [-0.05, 0) is 52.1 Å². The van der Waals surface area contributed by atoms with Crippen LogP contribution >= 0.6 is 22.6 Å².